The fraction of sp³-hybridized carbons (Fsp3) is 0.316. The van der Waals surface area contributed by atoms with Crippen molar-refractivity contribution >= 4 is 23.2 Å². The second kappa shape index (κ2) is 7.51. The minimum atomic E-state index is -0.357. The molecule has 0 radical (unpaired) electrons. The van der Waals surface area contributed by atoms with E-state index in [-0.39, 0.29) is 11.4 Å². The number of carbonyl (C=O) groups is 1. The predicted molar refractivity (Wildman–Crippen MR) is 96.6 cm³/mol. The Balaban J connectivity index is 1.91. The van der Waals surface area contributed by atoms with Gasteiger partial charge in [-0.15, -0.1) is 0 Å². The van der Waals surface area contributed by atoms with Crippen molar-refractivity contribution in [1.29, 1.82) is 0 Å². The van der Waals surface area contributed by atoms with Crippen molar-refractivity contribution in [2.75, 3.05) is 5.73 Å². The summed E-state index contributed by atoms with van der Waals surface area (Å²) in [4.78, 5) is 12.2. The first-order valence-corrected chi connectivity index (χ1v) is 8.13. The number of benzene rings is 2. The molecule has 122 valence electrons. The highest BCUT2D eigenvalue weighted by Crippen LogP contribution is 2.21. The molecule has 0 saturated carbocycles. The van der Waals surface area contributed by atoms with E-state index in [1.807, 2.05) is 62.4 Å². The van der Waals surface area contributed by atoms with Gasteiger partial charge >= 0.3 is 0 Å². The minimum Gasteiger partial charge on any atom is -0.399 e. The lowest BCUT2D eigenvalue weighted by Crippen LogP contribution is -2.45. The molecule has 0 atom stereocenters. The first kappa shape index (κ1) is 17.4. The van der Waals surface area contributed by atoms with Crippen molar-refractivity contribution < 1.29 is 4.79 Å². The van der Waals surface area contributed by atoms with Gasteiger partial charge in [0.25, 0.3) is 0 Å². The third kappa shape index (κ3) is 5.29. The maximum atomic E-state index is 12.2. The molecule has 0 heterocycles. The lowest BCUT2D eigenvalue weighted by atomic mass is 9.94. The molecular weight excluding hydrogens is 308 g/mol. The Morgan fingerprint density at radius 1 is 1.09 bits per heavy atom. The zero-order valence-corrected chi connectivity index (χ0v) is 14.4. The molecule has 0 spiro atoms. The normalized spacial score (nSPS) is 11.3. The fourth-order valence-corrected chi connectivity index (χ4v) is 2.81. The Bertz CT molecular complexity index is 683. The predicted octanol–water partition coefficient (Wildman–Crippen LogP) is 3.99. The van der Waals surface area contributed by atoms with Gasteiger partial charge in [0.05, 0.1) is 0 Å². The first-order chi connectivity index (χ1) is 10.9. The monoisotopic (exact) mass is 330 g/mol. The van der Waals surface area contributed by atoms with Crippen LogP contribution in [0.1, 0.15) is 31.4 Å². The number of nitrogens with one attached hydrogen (secondary N) is 1. The molecule has 2 aromatic carbocycles. The zero-order chi connectivity index (χ0) is 16.9. The summed E-state index contributed by atoms with van der Waals surface area (Å²) in [6.45, 7) is 4.01. The van der Waals surface area contributed by atoms with Gasteiger partial charge in [0.15, 0.2) is 0 Å². The van der Waals surface area contributed by atoms with Crippen molar-refractivity contribution in [3.63, 3.8) is 0 Å². The number of anilines is 1. The molecule has 0 aliphatic rings. The smallest absolute Gasteiger partial charge is 0.220 e. The van der Waals surface area contributed by atoms with E-state index in [4.69, 9.17) is 17.3 Å². The Morgan fingerprint density at radius 2 is 1.70 bits per heavy atom. The molecule has 0 aliphatic carbocycles. The van der Waals surface area contributed by atoms with Crippen LogP contribution in [0.15, 0.2) is 48.5 Å². The molecule has 0 fully saturated rings. The van der Waals surface area contributed by atoms with Gasteiger partial charge in [-0.3, -0.25) is 4.79 Å². The zero-order valence-electron chi connectivity index (χ0n) is 13.6. The summed E-state index contributed by atoms with van der Waals surface area (Å²) in [5.74, 6) is 0.0188. The number of para-hydroxylation sites is 1. The van der Waals surface area contributed by atoms with Crippen LogP contribution in [0.25, 0.3) is 0 Å². The van der Waals surface area contributed by atoms with E-state index in [0.717, 1.165) is 21.8 Å². The summed E-state index contributed by atoms with van der Waals surface area (Å²) in [5.41, 5.74) is 8.32. The summed E-state index contributed by atoms with van der Waals surface area (Å²) in [5, 5.41) is 3.81. The average molecular weight is 331 g/mol. The number of nitrogens with two attached hydrogens (primary N) is 1. The van der Waals surface area contributed by atoms with Crippen LogP contribution in [0.3, 0.4) is 0 Å². The van der Waals surface area contributed by atoms with Crippen molar-refractivity contribution in [3.8, 4) is 0 Å². The molecule has 0 unspecified atom stereocenters. The molecule has 0 saturated heterocycles. The van der Waals surface area contributed by atoms with Crippen LogP contribution in [-0.4, -0.2) is 11.4 Å². The van der Waals surface area contributed by atoms with Gasteiger partial charge in [0.2, 0.25) is 5.91 Å². The highest BCUT2D eigenvalue weighted by molar-refractivity contribution is 6.31. The number of hydrogen-bond donors (Lipinski definition) is 2. The molecule has 3 nitrogen and oxygen atoms in total. The van der Waals surface area contributed by atoms with Crippen LogP contribution >= 0.6 is 11.6 Å². The van der Waals surface area contributed by atoms with Crippen molar-refractivity contribution in [1.82, 2.24) is 5.32 Å². The van der Waals surface area contributed by atoms with Gasteiger partial charge < -0.3 is 11.1 Å². The van der Waals surface area contributed by atoms with Crippen LogP contribution in [0.2, 0.25) is 5.02 Å². The van der Waals surface area contributed by atoms with E-state index in [1.54, 1.807) is 0 Å². The Hall–Kier alpha value is -2.00. The summed E-state index contributed by atoms with van der Waals surface area (Å²) < 4.78 is 0. The summed E-state index contributed by atoms with van der Waals surface area (Å²) in [6.07, 6.45) is 1.74. The van der Waals surface area contributed by atoms with Crippen LogP contribution in [0, 0.1) is 0 Å². The molecule has 3 N–H and O–H groups in total. The minimum absolute atomic E-state index is 0.0188. The standard InChI is InChI=1S/C19H23ClN2O/c1-19(2,13-15-8-3-5-9-16(15)20)22-18(23)12-11-14-7-4-6-10-17(14)21/h3-10H,11-13,21H2,1-2H3,(H,22,23). The third-order valence-electron chi connectivity index (χ3n) is 3.74. The topological polar surface area (TPSA) is 55.1 Å². The van der Waals surface area contributed by atoms with E-state index in [1.165, 1.54) is 0 Å². The number of hydrogen-bond acceptors (Lipinski definition) is 2. The number of aryl methyl sites for hydroxylation is 1. The maximum absolute atomic E-state index is 12.2. The van der Waals surface area contributed by atoms with Crippen molar-refractivity contribution in [2.24, 2.45) is 0 Å². The molecule has 0 aromatic heterocycles. The number of nitrogen functional groups attached to an aromatic ring is 1. The molecule has 0 bridgehead atoms. The fourth-order valence-electron chi connectivity index (χ4n) is 2.61. The Labute approximate surface area is 142 Å². The van der Waals surface area contributed by atoms with E-state index < -0.39 is 0 Å². The van der Waals surface area contributed by atoms with Gasteiger partial charge in [-0.05, 0) is 49.9 Å². The second-order valence-corrected chi connectivity index (χ2v) is 6.81. The molecule has 23 heavy (non-hydrogen) atoms. The first-order valence-electron chi connectivity index (χ1n) is 7.75. The van der Waals surface area contributed by atoms with Crippen molar-refractivity contribution in [2.45, 2.75) is 38.6 Å². The molecule has 4 heteroatoms. The highest BCUT2D eigenvalue weighted by atomic mass is 35.5. The number of carbonyl (C=O) groups excluding carboxylic acids is 1. The largest absolute Gasteiger partial charge is 0.399 e. The van der Waals surface area contributed by atoms with Gasteiger partial charge in [-0.1, -0.05) is 48.0 Å². The SMILES string of the molecule is CC(C)(Cc1ccccc1Cl)NC(=O)CCc1ccccc1N. The molecular formula is C19H23ClN2O. The number of rotatable bonds is 6. The van der Waals surface area contributed by atoms with Crippen molar-refractivity contribution in [3.05, 3.63) is 64.7 Å². The lowest BCUT2D eigenvalue weighted by molar-refractivity contribution is -0.122. The molecule has 0 aliphatic heterocycles. The molecule has 2 rings (SSSR count). The van der Waals surface area contributed by atoms with Gasteiger partial charge in [0, 0.05) is 22.7 Å². The number of halogens is 1. The second-order valence-electron chi connectivity index (χ2n) is 6.40. The van der Waals surface area contributed by atoms with Crippen LogP contribution in [0.4, 0.5) is 5.69 Å². The van der Waals surface area contributed by atoms with E-state index in [9.17, 15) is 4.79 Å². The van der Waals surface area contributed by atoms with Crippen LogP contribution < -0.4 is 11.1 Å². The Kier molecular flexibility index (Phi) is 5.67. The van der Waals surface area contributed by atoms with E-state index >= 15 is 0 Å². The molecule has 1 amide bonds. The number of amides is 1. The summed E-state index contributed by atoms with van der Waals surface area (Å²) >= 11 is 6.20. The lowest BCUT2D eigenvalue weighted by Gasteiger charge is -2.27. The van der Waals surface area contributed by atoms with E-state index in [2.05, 4.69) is 5.32 Å². The van der Waals surface area contributed by atoms with Gasteiger partial charge in [0.1, 0.15) is 0 Å². The highest BCUT2D eigenvalue weighted by Gasteiger charge is 2.22. The third-order valence-corrected chi connectivity index (χ3v) is 4.11. The van der Waals surface area contributed by atoms with Gasteiger partial charge in [-0.2, -0.15) is 0 Å². The van der Waals surface area contributed by atoms with Gasteiger partial charge in [-0.25, -0.2) is 0 Å². The average Bonchev–Trinajstić information content (AvgIpc) is 2.48. The molecule has 2 aromatic rings. The van der Waals surface area contributed by atoms with E-state index in [0.29, 0.717) is 19.3 Å². The summed E-state index contributed by atoms with van der Waals surface area (Å²) in [6, 6.07) is 15.4. The quantitative estimate of drug-likeness (QED) is 0.787. The summed E-state index contributed by atoms with van der Waals surface area (Å²) in [7, 11) is 0. The maximum Gasteiger partial charge on any atom is 0.220 e. The van der Waals surface area contributed by atoms with Crippen LogP contribution in [0.5, 0.6) is 0 Å². The Morgan fingerprint density at radius 3 is 2.35 bits per heavy atom. The van der Waals surface area contributed by atoms with Crippen LogP contribution in [-0.2, 0) is 17.6 Å².